The van der Waals surface area contributed by atoms with E-state index in [9.17, 15) is 0 Å². The zero-order valence-corrected chi connectivity index (χ0v) is 68.8. The van der Waals surface area contributed by atoms with Crippen LogP contribution in [0, 0.1) is 0 Å². The van der Waals surface area contributed by atoms with Crippen LogP contribution in [0.4, 0.5) is 0 Å². The van der Waals surface area contributed by atoms with Gasteiger partial charge in [0.25, 0.3) is 0 Å². The molecule has 11 heteroatoms. The van der Waals surface area contributed by atoms with Crippen LogP contribution in [-0.2, 0) is 0 Å². The van der Waals surface area contributed by atoms with Crippen molar-refractivity contribution in [2.45, 2.75) is 0 Å². The topological polar surface area (TPSA) is 86.3 Å². The summed E-state index contributed by atoms with van der Waals surface area (Å²) >= 11 is 0. The lowest BCUT2D eigenvalue weighted by atomic mass is 9.98. The molecule has 0 fully saturated rings. The summed E-state index contributed by atoms with van der Waals surface area (Å²) in [5.74, 6) is 1.33. The summed E-state index contributed by atoms with van der Waals surface area (Å²) in [6, 6.07) is 155. The van der Waals surface area contributed by atoms with Crippen molar-refractivity contribution in [1.82, 2.24) is 46.9 Å². The summed E-state index contributed by atoms with van der Waals surface area (Å²) in [6.07, 6.45) is 0. The maximum absolute atomic E-state index is 6.83. The van der Waals surface area contributed by atoms with Crippen molar-refractivity contribution < 1.29 is 4.42 Å². The third-order valence-electron chi connectivity index (χ3n) is 27.0. The van der Waals surface area contributed by atoms with Gasteiger partial charge < -0.3 is 22.7 Å². The van der Waals surface area contributed by atoms with Gasteiger partial charge >= 0.3 is 0 Å². The van der Waals surface area contributed by atoms with E-state index in [4.69, 9.17) is 19.4 Å². The van der Waals surface area contributed by atoms with Crippen LogP contribution in [0.25, 0.3) is 260 Å². The molecule has 0 atom stereocenters. The van der Waals surface area contributed by atoms with Crippen molar-refractivity contribution >= 4 is 175 Å². The Hall–Kier alpha value is -17.4. The number of hydrogen-bond acceptors (Lipinski definition) is 4. The van der Waals surface area contributed by atoms with Gasteiger partial charge in [-0.25, -0.2) is 0 Å². The summed E-state index contributed by atoms with van der Waals surface area (Å²) in [7, 11) is 0. The van der Waals surface area contributed by atoms with Gasteiger partial charge in [0, 0.05) is 115 Å². The molecular weight excluding hydrogens is 1560 g/mol. The van der Waals surface area contributed by atoms with Gasteiger partial charge in [0.15, 0.2) is 0 Å². The maximum Gasteiger partial charge on any atom is 0.241 e. The van der Waals surface area contributed by atoms with Crippen LogP contribution in [-0.4, -0.2) is 46.9 Å². The molecule has 0 saturated carbocycles. The Labute approximate surface area is 730 Å². The van der Waals surface area contributed by atoms with Crippen LogP contribution < -0.4 is 0 Å². The third kappa shape index (κ3) is 10.3. The first-order valence-corrected chi connectivity index (χ1v) is 43.6. The van der Waals surface area contributed by atoms with E-state index in [0.29, 0.717) is 17.8 Å². The summed E-state index contributed by atoms with van der Waals surface area (Å²) in [5.41, 5.74) is 29.6. The second-order valence-corrected chi connectivity index (χ2v) is 33.8. The summed E-state index contributed by atoms with van der Waals surface area (Å²) < 4.78 is 23.2. The lowest BCUT2D eigenvalue weighted by molar-refractivity contribution is 0.669. The number of furan rings is 1. The molecule has 9 heterocycles. The smallest absolute Gasteiger partial charge is 0.241 e. The van der Waals surface area contributed by atoms with Crippen molar-refractivity contribution in [3.8, 4) is 85.1 Å². The number of hydrogen-bond donors (Lipinski definition) is 0. The van der Waals surface area contributed by atoms with E-state index in [1.807, 2.05) is 6.07 Å². The Morgan fingerprint density at radius 2 is 0.336 bits per heavy atom. The highest BCUT2D eigenvalue weighted by molar-refractivity contribution is 6.20. The number of nitrogens with zero attached hydrogens (tertiary/aromatic N) is 10. The molecule has 0 N–H and O–H groups in total. The average molecular weight is 1630 g/mol. The monoisotopic (exact) mass is 1630 g/mol. The van der Waals surface area contributed by atoms with Gasteiger partial charge in [-0.3, -0.25) is 13.7 Å². The van der Waals surface area contributed by atoms with E-state index in [-0.39, 0.29) is 0 Å². The fraction of sp³-hybridized carbons (Fsp3) is 0. The molecule has 28 aromatic rings. The molecule has 594 valence electrons. The standard InChI is InChI=1S/C117H70N10O/c1-5-25-79(26-6-1)121-99-39-19-13-33-83(99)89-61-71(45-53-104(89)121)75-49-57-108-93(65-75)94-66-76(72-46-54-105-90(62-72)84-34-14-20-40-100(84)122(105)80-27-7-2-8-28-80)50-58-109(94)125(108)115-118-116(120-117(119-115)127-103-43-23-17-37-87(103)97-69-98-88-38-18-24-44-113(88)128-114(98)70-112(97)127)126-110-59-51-77(73-47-55-106-91(63-73)85-35-15-21-41-101(85)123(106)81-29-9-3-10-30-81)67-95(110)96-68-78(52-60-111(96)126)74-48-56-107-92(64-74)86-36-16-22-42-102(86)124(107)82-31-11-4-12-32-82/h1-70H. The molecule has 128 heavy (non-hydrogen) atoms. The molecule has 9 aromatic heterocycles. The largest absolute Gasteiger partial charge is 0.456 e. The highest BCUT2D eigenvalue weighted by Crippen LogP contribution is 2.47. The molecular formula is C117H70N10O. The Morgan fingerprint density at radius 1 is 0.133 bits per heavy atom. The van der Waals surface area contributed by atoms with E-state index < -0.39 is 0 Å². The zero-order chi connectivity index (χ0) is 83.5. The van der Waals surface area contributed by atoms with Crippen LogP contribution in [0.2, 0.25) is 0 Å². The molecule has 0 amide bonds. The van der Waals surface area contributed by atoms with Crippen LogP contribution in [0.15, 0.2) is 429 Å². The van der Waals surface area contributed by atoms with Crippen LogP contribution in [0.3, 0.4) is 0 Å². The van der Waals surface area contributed by atoms with Crippen molar-refractivity contribution in [2.24, 2.45) is 0 Å². The van der Waals surface area contributed by atoms with Crippen molar-refractivity contribution in [2.75, 3.05) is 0 Å². The lowest BCUT2D eigenvalue weighted by Crippen LogP contribution is -2.13. The van der Waals surface area contributed by atoms with Crippen molar-refractivity contribution in [3.63, 3.8) is 0 Å². The van der Waals surface area contributed by atoms with Gasteiger partial charge in [-0.05, 0) is 233 Å². The predicted molar refractivity (Wildman–Crippen MR) is 529 cm³/mol. The number of aromatic nitrogens is 10. The van der Waals surface area contributed by atoms with Gasteiger partial charge in [-0.15, -0.1) is 0 Å². The summed E-state index contributed by atoms with van der Waals surface area (Å²) in [4.78, 5) is 17.9. The fourth-order valence-electron chi connectivity index (χ4n) is 21.3. The first-order chi connectivity index (χ1) is 63.5. The Morgan fingerprint density at radius 3 is 0.617 bits per heavy atom. The normalized spacial score (nSPS) is 12.2. The average Bonchev–Trinajstić information content (AvgIpc) is 1.55. The molecule has 0 bridgehead atoms. The van der Waals surface area contributed by atoms with Gasteiger partial charge in [-0.2, -0.15) is 15.0 Å². The predicted octanol–water partition coefficient (Wildman–Crippen LogP) is 30.1. The first kappa shape index (κ1) is 70.2. The van der Waals surface area contributed by atoms with Crippen molar-refractivity contribution in [1.29, 1.82) is 0 Å². The number of rotatable bonds is 11. The molecule has 19 aromatic carbocycles. The van der Waals surface area contributed by atoms with E-state index in [1.54, 1.807) is 0 Å². The molecule has 0 aliphatic heterocycles. The van der Waals surface area contributed by atoms with E-state index in [1.165, 1.54) is 43.1 Å². The van der Waals surface area contributed by atoms with Gasteiger partial charge in [0.05, 0.1) is 77.2 Å². The van der Waals surface area contributed by atoms with E-state index >= 15 is 0 Å². The zero-order valence-electron chi connectivity index (χ0n) is 68.8. The molecule has 0 spiro atoms. The molecule has 0 saturated heterocycles. The second-order valence-electron chi connectivity index (χ2n) is 33.8. The molecule has 0 aliphatic rings. The van der Waals surface area contributed by atoms with Gasteiger partial charge in [0.2, 0.25) is 17.8 Å². The Balaban J connectivity index is 0.704. The second kappa shape index (κ2) is 27.0. The minimum atomic E-state index is 0.440. The number of fused-ring (bicyclic) bond motifs is 24. The fourth-order valence-corrected chi connectivity index (χ4v) is 21.3. The summed E-state index contributed by atoms with van der Waals surface area (Å²) in [6.45, 7) is 0. The molecule has 11 nitrogen and oxygen atoms in total. The molecule has 0 unspecified atom stereocenters. The van der Waals surface area contributed by atoms with E-state index in [0.717, 1.165) is 199 Å². The SMILES string of the molecule is c1ccc(-n2c3ccccc3c3cc(-c4ccc5c(c4)c4cc(-c6ccc7c(c6)c6ccccc6n7-c6ccccc6)ccc4n5-c4nc(-n5c6ccc(-c7ccc8c(c7)c7ccccc7n8-c7ccccc7)cc6c6cc(-c7ccc8c(c7)c7ccccc7n8-c7ccccc7)ccc65)nc(-n5c6ccccc6c6cc7c(cc65)oc5ccccc57)n4)ccc32)cc1. The lowest BCUT2D eigenvalue weighted by Gasteiger charge is -2.14. The number of benzene rings is 19. The molecule has 0 aliphatic carbocycles. The highest BCUT2D eigenvalue weighted by atomic mass is 16.3. The highest BCUT2D eigenvalue weighted by Gasteiger charge is 2.28. The number of para-hydroxylation sites is 10. The molecule has 0 radical (unpaired) electrons. The summed E-state index contributed by atoms with van der Waals surface area (Å²) in [5, 5.41) is 17.9. The van der Waals surface area contributed by atoms with Crippen LogP contribution >= 0.6 is 0 Å². The Bertz CT molecular complexity index is 8710. The quantitative estimate of drug-likeness (QED) is 0.129. The van der Waals surface area contributed by atoms with Crippen LogP contribution in [0.5, 0.6) is 0 Å². The minimum absolute atomic E-state index is 0.440. The van der Waals surface area contributed by atoms with Crippen LogP contribution in [0.1, 0.15) is 0 Å². The Kier molecular flexibility index (Phi) is 14.8. The van der Waals surface area contributed by atoms with Gasteiger partial charge in [-0.1, -0.05) is 231 Å². The third-order valence-corrected chi connectivity index (χ3v) is 27.0. The molecule has 28 rings (SSSR count). The minimum Gasteiger partial charge on any atom is -0.456 e. The maximum atomic E-state index is 6.83. The first-order valence-electron chi connectivity index (χ1n) is 43.6. The van der Waals surface area contributed by atoms with E-state index in [2.05, 4.69) is 451 Å². The van der Waals surface area contributed by atoms with Crippen molar-refractivity contribution in [3.05, 3.63) is 425 Å². The van der Waals surface area contributed by atoms with Gasteiger partial charge in [0.1, 0.15) is 11.2 Å².